The van der Waals surface area contributed by atoms with Crippen molar-refractivity contribution in [3.05, 3.63) is 216 Å². The highest BCUT2D eigenvalue weighted by molar-refractivity contribution is 6.05. The van der Waals surface area contributed by atoms with Crippen molar-refractivity contribution in [2.24, 2.45) is 0 Å². The Hall–Kier alpha value is -6.90. The summed E-state index contributed by atoms with van der Waals surface area (Å²) in [5.41, 5.74) is 17.1. The molecule has 58 heavy (non-hydrogen) atoms. The van der Waals surface area contributed by atoms with E-state index >= 15 is 0 Å². The van der Waals surface area contributed by atoms with Gasteiger partial charge in [0.15, 0.2) is 0 Å². The van der Waals surface area contributed by atoms with Gasteiger partial charge in [0, 0.05) is 45.0 Å². The van der Waals surface area contributed by atoms with Gasteiger partial charge in [-0.15, -0.1) is 0 Å². The summed E-state index contributed by atoms with van der Waals surface area (Å²) in [6.07, 6.45) is 0. The molecule has 9 aromatic carbocycles. The third-order valence-electron chi connectivity index (χ3n) is 13.0. The van der Waals surface area contributed by atoms with E-state index in [2.05, 4.69) is 232 Å². The van der Waals surface area contributed by atoms with Crippen LogP contribution in [-0.4, -0.2) is 0 Å². The van der Waals surface area contributed by atoms with Gasteiger partial charge in [0.05, 0.1) is 0 Å². The summed E-state index contributed by atoms with van der Waals surface area (Å²) in [7, 11) is 0. The number of hydrogen-bond acceptors (Lipinski definition) is 2. The largest absolute Gasteiger partial charge is 0.310 e. The number of nitrogens with zero attached hydrogens (tertiary/aromatic N) is 2. The topological polar surface area (TPSA) is 6.48 Å². The zero-order valence-corrected chi connectivity index (χ0v) is 33.4. The quantitative estimate of drug-likeness (QED) is 0.167. The van der Waals surface area contributed by atoms with Gasteiger partial charge < -0.3 is 9.80 Å². The minimum absolute atomic E-state index is 0.167. The smallest absolute Gasteiger partial charge is 0.0465 e. The summed E-state index contributed by atoms with van der Waals surface area (Å²) in [6.45, 7) is 9.50. The van der Waals surface area contributed by atoms with E-state index in [1.165, 1.54) is 66.1 Å². The average Bonchev–Trinajstić information content (AvgIpc) is 3.26. The number of rotatable bonds is 6. The normalized spacial score (nSPS) is 14.1. The lowest BCUT2D eigenvalue weighted by Gasteiger charge is -2.37. The summed E-state index contributed by atoms with van der Waals surface area (Å²) in [6, 6.07) is 71.7. The molecule has 2 nitrogen and oxygen atoms in total. The van der Waals surface area contributed by atoms with Crippen molar-refractivity contribution in [1.82, 2.24) is 0 Å². The molecule has 11 rings (SSSR count). The lowest BCUT2D eigenvalue weighted by Crippen LogP contribution is -2.24. The van der Waals surface area contributed by atoms with Crippen molar-refractivity contribution in [2.75, 3.05) is 9.80 Å². The van der Waals surface area contributed by atoms with Crippen LogP contribution in [0.4, 0.5) is 34.1 Å². The second-order valence-electron chi connectivity index (χ2n) is 17.0. The predicted molar refractivity (Wildman–Crippen MR) is 246 cm³/mol. The van der Waals surface area contributed by atoms with Crippen LogP contribution in [0.3, 0.4) is 0 Å². The maximum atomic E-state index is 2.43. The first-order valence-corrected chi connectivity index (χ1v) is 20.4. The zero-order chi connectivity index (χ0) is 39.2. The van der Waals surface area contributed by atoms with Gasteiger partial charge in [-0.3, -0.25) is 0 Å². The molecule has 0 N–H and O–H groups in total. The molecule has 9 aromatic rings. The van der Waals surface area contributed by atoms with Crippen molar-refractivity contribution in [1.29, 1.82) is 0 Å². The molecular weight excluding hydrogens is 701 g/mol. The van der Waals surface area contributed by atoms with Crippen molar-refractivity contribution < 1.29 is 0 Å². The lowest BCUT2D eigenvalue weighted by atomic mass is 9.68. The number of fused-ring (bicyclic) bond motifs is 4. The van der Waals surface area contributed by atoms with Crippen LogP contribution in [0.5, 0.6) is 0 Å². The minimum Gasteiger partial charge on any atom is -0.310 e. The number of anilines is 6. The van der Waals surface area contributed by atoms with Crippen molar-refractivity contribution >= 4 is 55.7 Å². The average molecular weight is 745 g/mol. The molecule has 2 aliphatic rings. The molecule has 0 atom stereocenters. The van der Waals surface area contributed by atoms with E-state index in [0.717, 1.165) is 34.1 Å². The molecule has 0 saturated carbocycles. The Morgan fingerprint density at radius 3 is 1.02 bits per heavy atom. The second kappa shape index (κ2) is 12.8. The van der Waals surface area contributed by atoms with E-state index in [9.17, 15) is 0 Å². The number of benzene rings is 9. The van der Waals surface area contributed by atoms with Gasteiger partial charge in [0.1, 0.15) is 0 Å². The van der Waals surface area contributed by atoms with Gasteiger partial charge in [0.2, 0.25) is 0 Å². The lowest BCUT2D eigenvalue weighted by molar-refractivity contribution is 0.645. The SMILES string of the molecule is CC1(C)c2cc(N(c3ccccc3)c3ccc(N(c4ccccc4)c4ccc5c(c4)C(C)(C)c4cccc6cccc-5c46)cc3)ccc2-c2cccc3cccc1c23. The summed E-state index contributed by atoms with van der Waals surface area (Å²) in [5.74, 6) is 0. The minimum atomic E-state index is -0.167. The van der Waals surface area contributed by atoms with Gasteiger partial charge in [-0.25, -0.2) is 0 Å². The number of hydrogen-bond donors (Lipinski definition) is 0. The van der Waals surface area contributed by atoms with Gasteiger partial charge in [-0.05, 0) is 139 Å². The Morgan fingerprint density at radius 2 is 0.621 bits per heavy atom. The Balaban J connectivity index is 1.03. The Morgan fingerprint density at radius 1 is 0.276 bits per heavy atom. The van der Waals surface area contributed by atoms with Crippen LogP contribution >= 0.6 is 0 Å². The van der Waals surface area contributed by atoms with Crippen molar-refractivity contribution in [2.45, 2.75) is 38.5 Å². The summed E-state index contributed by atoms with van der Waals surface area (Å²) < 4.78 is 0. The second-order valence-corrected chi connectivity index (χ2v) is 17.0. The first-order valence-electron chi connectivity index (χ1n) is 20.4. The molecule has 278 valence electrons. The molecule has 2 heteroatoms. The Labute approximate surface area is 341 Å². The van der Waals surface area contributed by atoms with Crippen LogP contribution in [0, 0.1) is 0 Å². The third-order valence-corrected chi connectivity index (χ3v) is 13.0. The van der Waals surface area contributed by atoms with E-state index in [0.29, 0.717) is 0 Å². The fourth-order valence-corrected chi connectivity index (χ4v) is 10.1. The Bertz CT molecular complexity index is 2830. The van der Waals surface area contributed by atoms with E-state index in [-0.39, 0.29) is 10.8 Å². The fourth-order valence-electron chi connectivity index (χ4n) is 10.1. The molecule has 0 heterocycles. The predicted octanol–water partition coefficient (Wildman–Crippen LogP) is 15.5. The van der Waals surface area contributed by atoms with Crippen LogP contribution < -0.4 is 9.80 Å². The molecular formula is C56H44N2. The molecule has 0 bridgehead atoms. The van der Waals surface area contributed by atoms with Gasteiger partial charge >= 0.3 is 0 Å². The molecule has 0 aliphatic heterocycles. The van der Waals surface area contributed by atoms with E-state index in [4.69, 9.17) is 0 Å². The standard InChI is InChI=1S/C56H44N2/c1-55(2)49-25-13-17-37-15-11-23-47(53(37)49)45-33-31-43(35-51(45)55)57(39-19-7-5-8-20-39)41-27-29-42(30-28-41)58(40-21-9-6-10-22-40)44-32-34-46-48-24-12-16-38-18-14-26-50(54(38)48)56(3,4)52(46)36-44/h5-36H,1-4H3. The molecule has 0 radical (unpaired) electrons. The maximum Gasteiger partial charge on any atom is 0.0465 e. The summed E-state index contributed by atoms with van der Waals surface area (Å²) in [4.78, 5) is 4.79. The highest BCUT2D eigenvalue weighted by Gasteiger charge is 2.35. The van der Waals surface area contributed by atoms with Crippen molar-refractivity contribution in [3.63, 3.8) is 0 Å². The number of para-hydroxylation sites is 2. The van der Waals surface area contributed by atoms with Crippen LogP contribution in [0.1, 0.15) is 49.9 Å². The van der Waals surface area contributed by atoms with E-state index in [1.54, 1.807) is 0 Å². The zero-order valence-electron chi connectivity index (χ0n) is 33.4. The van der Waals surface area contributed by atoms with Gasteiger partial charge in [-0.2, -0.15) is 0 Å². The van der Waals surface area contributed by atoms with E-state index < -0.39 is 0 Å². The molecule has 0 spiro atoms. The Kier molecular flexibility index (Phi) is 7.59. The third kappa shape index (κ3) is 5.11. The summed E-state index contributed by atoms with van der Waals surface area (Å²) >= 11 is 0. The fraction of sp³-hybridized carbons (Fsp3) is 0.107. The molecule has 0 fully saturated rings. The van der Waals surface area contributed by atoms with Gasteiger partial charge in [0.25, 0.3) is 0 Å². The van der Waals surface area contributed by atoms with Crippen molar-refractivity contribution in [3.8, 4) is 22.3 Å². The van der Waals surface area contributed by atoms with Crippen LogP contribution in [-0.2, 0) is 10.8 Å². The molecule has 2 aliphatic carbocycles. The highest BCUT2D eigenvalue weighted by atomic mass is 15.2. The van der Waals surface area contributed by atoms with Gasteiger partial charge in [-0.1, -0.05) is 149 Å². The maximum absolute atomic E-state index is 2.43. The monoisotopic (exact) mass is 744 g/mol. The van der Waals surface area contributed by atoms with E-state index in [1.807, 2.05) is 0 Å². The van der Waals surface area contributed by atoms with Crippen LogP contribution in [0.25, 0.3) is 43.8 Å². The molecule has 0 saturated heterocycles. The summed E-state index contributed by atoms with van der Waals surface area (Å²) in [5, 5.41) is 5.35. The highest BCUT2D eigenvalue weighted by Crippen LogP contribution is 2.52. The molecule has 0 unspecified atom stereocenters. The van der Waals surface area contributed by atoms with Crippen LogP contribution in [0.2, 0.25) is 0 Å². The molecule has 0 amide bonds. The molecule has 0 aromatic heterocycles. The first-order chi connectivity index (χ1) is 28.3. The van der Waals surface area contributed by atoms with Crippen LogP contribution in [0.15, 0.2) is 194 Å². The first kappa shape index (κ1) is 34.4.